The third kappa shape index (κ3) is 5.26. The SMILES string of the molecule is CC(=O)NCc1cccc(-c2csc(N=C(N)NCCc3c[nH]c4ccccc34)n2)n1. The second-order valence-electron chi connectivity index (χ2n) is 6.97. The zero-order chi connectivity index (χ0) is 21.6. The van der Waals surface area contributed by atoms with E-state index in [9.17, 15) is 4.79 Å². The summed E-state index contributed by atoms with van der Waals surface area (Å²) < 4.78 is 0. The van der Waals surface area contributed by atoms with Gasteiger partial charge in [0.05, 0.1) is 17.9 Å². The Morgan fingerprint density at radius 2 is 2.00 bits per heavy atom. The van der Waals surface area contributed by atoms with Crippen molar-refractivity contribution in [3.63, 3.8) is 0 Å². The van der Waals surface area contributed by atoms with Crippen LogP contribution in [-0.2, 0) is 17.8 Å². The lowest BCUT2D eigenvalue weighted by atomic mass is 10.1. The van der Waals surface area contributed by atoms with E-state index in [0.717, 1.165) is 29.0 Å². The van der Waals surface area contributed by atoms with Crippen LogP contribution in [0.15, 0.2) is 59.0 Å². The molecule has 8 nitrogen and oxygen atoms in total. The molecular weight excluding hydrogens is 410 g/mol. The van der Waals surface area contributed by atoms with E-state index in [1.54, 1.807) is 0 Å². The largest absolute Gasteiger partial charge is 0.370 e. The lowest BCUT2D eigenvalue weighted by Gasteiger charge is -2.04. The van der Waals surface area contributed by atoms with E-state index in [0.29, 0.717) is 24.2 Å². The monoisotopic (exact) mass is 433 g/mol. The summed E-state index contributed by atoms with van der Waals surface area (Å²) in [5.74, 6) is 0.235. The Morgan fingerprint density at radius 3 is 2.87 bits per heavy atom. The predicted molar refractivity (Wildman–Crippen MR) is 124 cm³/mol. The number of nitrogens with zero attached hydrogens (tertiary/aromatic N) is 3. The smallest absolute Gasteiger partial charge is 0.217 e. The number of thiazole rings is 1. The van der Waals surface area contributed by atoms with Crippen molar-refractivity contribution in [2.45, 2.75) is 19.9 Å². The van der Waals surface area contributed by atoms with Crippen LogP contribution in [0.4, 0.5) is 5.13 Å². The molecule has 9 heteroatoms. The van der Waals surface area contributed by atoms with Crippen LogP contribution >= 0.6 is 11.3 Å². The minimum absolute atomic E-state index is 0.0925. The molecule has 31 heavy (non-hydrogen) atoms. The molecule has 4 aromatic rings. The standard InChI is InChI=1S/C22H23N7OS/c1-14(30)25-12-16-5-4-8-19(27-16)20-13-31-22(28-20)29-21(23)24-10-9-15-11-26-18-7-3-2-6-17(15)18/h2-8,11,13,26H,9-10,12H2,1H3,(H,25,30)(H3,23,24,28,29). The number of nitrogens with two attached hydrogens (primary N) is 1. The summed E-state index contributed by atoms with van der Waals surface area (Å²) in [5, 5.41) is 9.56. The van der Waals surface area contributed by atoms with E-state index < -0.39 is 0 Å². The van der Waals surface area contributed by atoms with E-state index in [2.05, 4.69) is 42.7 Å². The van der Waals surface area contributed by atoms with Crippen LogP contribution in [0, 0.1) is 0 Å². The minimum atomic E-state index is -0.0925. The van der Waals surface area contributed by atoms with Gasteiger partial charge < -0.3 is 21.4 Å². The van der Waals surface area contributed by atoms with Crippen molar-refractivity contribution in [2.24, 2.45) is 10.7 Å². The van der Waals surface area contributed by atoms with Gasteiger partial charge in [0.1, 0.15) is 5.69 Å². The number of amides is 1. The summed E-state index contributed by atoms with van der Waals surface area (Å²) in [4.78, 5) is 27.8. The Labute approximate surface area is 183 Å². The van der Waals surface area contributed by atoms with Crippen LogP contribution in [0.5, 0.6) is 0 Å². The molecule has 1 amide bonds. The first-order chi connectivity index (χ1) is 15.1. The molecule has 0 unspecified atom stereocenters. The molecular formula is C22H23N7OS. The van der Waals surface area contributed by atoms with Gasteiger partial charge in [-0.05, 0) is 30.2 Å². The van der Waals surface area contributed by atoms with Gasteiger partial charge in [0.25, 0.3) is 0 Å². The summed E-state index contributed by atoms with van der Waals surface area (Å²) in [6.07, 6.45) is 2.86. The maximum absolute atomic E-state index is 11.1. The molecule has 0 aliphatic carbocycles. The van der Waals surface area contributed by atoms with Crippen molar-refractivity contribution in [1.82, 2.24) is 25.6 Å². The van der Waals surface area contributed by atoms with Crippen molar-refractivity contribution >= 4 is 39.2 Å². The highest BCUT2D eigenvalue weighted by molar-refractivity contribution is 7.13. The van der Waals surface area contributed by atoms with E-state index in [1.807, 2.05) is 41.9 Å². The van der Waals surface area contributed by atoms with Gasteiger partial charge in [-0.15, -0.1) is 11.3 Å². The number of nitrogens with one attached hydrogen (secondary N) is 3. The summed E-state index contributed by atoms with van der Waals surface area (Å²) in [5.41, 5.74) is 10.6. The molecule has 3 aromatic heterocycles. The molecule has 3 heterocycles. The maximum Gasteiger partial charge on any atom is 0.217 e. The highest BCUT2D eigenvalue weighted by Crippen LogP contribution is 2.25. The molecule has 0 aliphatic rings. The summed E-state index contributed by atoms with van der Waals surface area (Å²) in [6, 6.07) is 13.9. The van der Waals surface area contributed by atoms with Gasteiger partial charge in [0.2, 0.25) is 11.0 Å². The van der Waals surface area contributed by atoms with Crippen molar-refractivity contribution in [3.05, 3.63) is 65.3 Å². The van der Waals surface area contributed by atoms with Crippen LogP contribution < -0.4 is 16.4 Å². The van der Waals surface area contributed by atoms with Crippen LogP contribution in [0.1, 0.15) is 18.2 Å². The van der Waals surface area contributed by atoms with Crippen molar-refractivity contribution < 1.29 is 4.79 Å². The summed E-state index contributed by atoms with van der Waals surface area (Å²) >= 11 is 1.40. The Kier molecular flexibility index (Phi) is 6.23. The Hall–Kier alpha value is -3.72. The van der Waals surface area contributed by atoms with Gasteiger partial charge in [-0.3, -0.25) is 4.79 Å². The van der Waals surface area contributed by atoms with Crippen LogP contribution in [0.2, 0.25) is 0 Å². The fourth-order valence-corrected chi connectivity index (χ4v) is 3.87. The fraction of sp³-hybridized carbons (Fsp3) is 0.182. The lowest BCUT2D eigenvalue weighted by molar-refractivity contribution is -0.119. The molecule has 1 aromatic carbocycles. The minimum Gasteiger partial charge on any atom is -0.370 e. The normalized spacial score (nSPS) is 11.6. The Balaban J connectivity index is 1.36. The molecule has 0 radical (unpaired) electrons. The number of aromatic nitrogens is 3. The van der Waals surface area contributed by atoms with Crippen molar-refractivity contribution in [3.8, 4) is 11.4 Å². The second-order valence-corrected chi connectivity index (χ2v) is 7.81. The molecule has 0 bridgehead atoms. The molecule has 0 atom stereocenters. The van der Waals surface area contributed by atoms with E-state index in [-0.39, 0.29) is 5.91 Å². The first-order valence-electron chi connectivity index (χ1n) is 9.88. The fourth-order valence-electron chi connectivity index (χ4n) is 3.18. The average Bonchev–Trinajstić information content (AvgIpc) is 3.40. The molecule has 0 saturated carbocycles. The highest BCUT2D eigenvalue weighted by Gasteiger charge is 2.08. The number of rotatable bonds is 7. The highest BCUT2D eigenvalue weighted by atomic mass is 32.1. The number of aliphatic imine (C=N–C) groups is 1. The van der Waals surface area contributed by atoms with Crippen molar-refractivity contribution in [1.29, 1.82) is 0 Å². The van der Waals surface area contributed by atoms with Gasteiger partial charge in [0.15, 0.2) is 5.96 Å². The number of guanidine groups is 1. The zero-order valence-electron chi connectivity index (χ0n) is 17.1. The number of H-pyrrole nitrogens is 1. The lowest BCUT2D eigenvalue weighted by Crippen LogP contribution is -2.32. The van der Waals surface area contributed by atoms with Gasteiger partial charge in [0, 0.05) is 35.9 Å². The van der Waals surface area contributed by atoms with E-state index in [4.69, 9.17) is 5.73 Å². The van der Waals surface area contributed by atoms with Gasteiger partial charge in [-0.1, -0.05) is 24.3 Å². The quantitative estimate of drug-likeness (QED) is 0.264. The maximum atomic E-state index is 11.1. The van der Waals surface area contributed by atoms with E-state index >= 15 is 0 Å². The first kappa shape index (κ1) is 20.5. The van der Waals surface area contributed by atoms with Gasteiger partial charge in [-0.2, -0.15) is 4.99 Å². The summed E-state index contributed by atoms with van der Waals surface area (Å²) in [6.45, 7) is 2.53. The molecule has 158 valence electrons. The average molecular weight is 434 g/mol. The number of carbonyl (C=O) groups excluding carboxylic acids is 1. The first-order valence-corrected chi connectivity index (χ1v) is 10.8. The number of carbonyl (C=O) groups is 1. The number of fused-ring (bicyclic) bond motifs is 1. The molecule has 0 fully saturated rings. The van der Waals surface area contributed by atoms with Gasteiger partial charge in [-0.25, -0.2) is 9.97 Å². The molecule has 0 spiro atoms. The number of benzene rings is 1. The topological polar surface area (TPSA) is 121 Å². The number of aromatic amines is 1. The number of pyridine rings is 1. The van der Waals surface area contributed by atoms with Crippen LogP contribution in [-0.4, -0.2) is 33.4 Å². The molecule has 4 rings (SSSR count). The number of hydrogen-bond donors (Lipinski definition) is 4. The van der Waals surface area contributed by atoms with Gasteiger partial charge >= 0.3 is 0 Å². The second kappa shape index (κ2) is 9.40. The van der Waals surface area contributed by atoms with Crippen LogP contribution in [0.3, 0.4) is 0 Å². The molecule has 0 aliphatic heterocycles. The predicted octanol–water partition coefficient (Wildman–Crippen LogP) is 3.10. The third-order valence-corrected chi connectivity index (χ3v) is 5.41. The van der Waals surface area contributed by atoms with E-state index in [1.165, 1.54) is 29.2 Å². The molecule has 0 saturated heterocycles. The summed E-state index contributed by atoms with van der Waals surface area (Å²) in [7, 11) is 0. The Bertz CT molecular complexity index is 1230. The van der Waals surface area contributed by atoms with Crippen molar-refractivity contribution in [2.75, 3.05) is 6.54 Å². The number of para-hydroxylation sites is 1. The number of hydrogen-bond acceptors (Lipinski definition) is 5. The molecule has 5 N–H and O–H groups in total. The Morgan fingerprint density at radius 1 is 1.13 bits per heavy atom. The third-order valence-electron chi connectivity index (χ3n) is 4.67. The van der Waals surface area contributed by atoms with Crippen LogP contribution in [0.25, 0.3) is 22.3 Å². The zero-order valence-corrected chi connectivity index (χ0v) is 17.9.